The molecule has 0 radical (unpaired) electrons. The van der Waals surface area contributed by atoms with Crippen LogP contribution in [0.3, 0.4) is 0 Å². The van der Waals surface area contributed by atoms with Crippen molar-refractivity contribution in [2.45, 2.75) is 5.75 Å². The van der Waals surface area contributed by atoms with Crippen molar-refractivity contribution >= 4 is 12.6 Å². The van der Waals surface area contributed by atoms with Gasteiger partial charge in [0.25, 0.3) is 5.56 Å². The molecule has 0 fully saturated rings. The van der Waals surface area contributed by atoms with Gasteiger partial charge in [-0.25, -0.2) is 9.37 Å². The molecular formula is C17H11FN4OS. The second-order valence-corrected chi connectivity index (χ2v) is 5.20. The molecule has 0 bridgehead atoms. The maximum absolute atomic E-state index is 13.2. The van der Waals surface area contributed by atoms with Gasteiger partial charge < -0.3 is 0 Å². The van der Waals surface area contributed by atoms with Crippen molar-refractivity contribution in [1.29, 1.82) is 5.26 Å². The molecule has 2 heterocycles. The lowest BCUT2D eigenvalue weighted by Gasteiger charge is -2.14. The van der Waals surface area contributed by atoms with Gasteiger partial charge in [0.2, 0.25) is 0 Å². The molecule has 118 valence electrons. The molecule has 0 atom stereocenters. The van der Waals surface area contributed by atoms with E-state index >= 15 is 0 Å². The number of nitriles is 1. The lowest BCUT2D eigenvalue weighted by Crippen LogP contribution is -2.26. The summed E-state index contributed by atoms with van der Waals surface area (Å²) < 4.78 is 14.5. The highest BCUT2D eigenvalue weighted by atomic mass is 32.1. The summed E-state index contributed by atoms with van der Waals surface area (Å²) in [6.07, 6.45) is 3.16. The van der Waals surface area contributed by atoms with Crippen molar-refractivity contribution in [1.82, 2.24) is 14.5 Å². The van der Waals surface area contributed by atoms with E-state index in [1.807, 2.05) is 6.07 Å². The van der Waals surface area contributed by atoms with E-state index in [4.69, 9.17) is 0 Å². The number of hydrogen-bond donors (Lipinski definition) is 1. The lowest BCUT2D eigenvalue weighted by molar-refractivity contribution is 0.627. The summed E-state index contributed by atoms with van der Waals surface area (Å²) in [6.45, 7) is 0. The maximum Gasteiger partial charge on any atom is 0.276 e. The van der Waals surface area contributed by atoms with E-state index in [0.717, 1.165) is 0 Å². The molecule has 2 aromatic heterocycles. The van der Waals surface area contributed by atoms with Crippen LogP contribution in [0.25, 0.3) is 17.1 Å². The van der Waals surface area contributed by atoms with Gasteiger partial charge in [-0.2, -0.15) is 17.9 Å². The van der Waals surface area contributed by atoms with Crippen LogP contribution in [0.5, 0.6) is 0 Å². The van der Waals surface area contributed by atoms with Crippen LogP contribution in [-0.2, 0) is 5.75 Å². The third-order valence-corrected chi connectivity index (χ3v) is 3.74. The number of thiol groups is 1. The van der Waals surface area contributed by atoms with Gasteiger partial charge in [-0.1, -0.05) is 0 Å². The molecular weight excluding hydrogens is 327 g/mol. The zero-order chi connectivity index (χ0) is 17.1. The van der Waals surface area contributed by atoms with Crippen molar-refractivity contribution in [3.63, 3.8) is 0 Å². The molecule has 3 aromatic rings. The van der Waals surface area contributed by atoms with Crippen LogP contribution in [-0.4, -0.2) is 14.5 Å². The molecule has 0 aliphatic heterocycles. The Hall–Kier alpha value is -2.98. The molecule has 1 aromatic carbocycles. The number of hydrogen-bond acceptors (Lipinski definition) is 5. The van der Waals surface area contributed by atoms with E-state index < -0.39 is 11.4 Å². The minimum absolute atomic E-state index is 0.0767. The SMILES string of the molecule is N#Cc1c(CS)nc(-c2ccncc2)n(-c2ccc(F)cc2)c1=O. The molecule has 0 unspecified atom stereocenters. The van der Waals surface area contributed by atoms with E-state index in [1.165, 1.54) is 28.8 Å². The second kappa shape index (κ2) is 6.64. The first-order valence-corrected chi connectivity index (χ1v) is 7.62. The summed E-state index contributed by atoms with van der Waals surface area (Å²) in [7, 11) is 0. The summed E-state index contributed by atoms with van der Waals surface area (Å²) in [5, 5.41) is 9.30. The van der Waals surface area contributed by atoms with Crippen molar-refractivity contribution < 1.29 is 4.39 Å². The van der Waals surface area contributed by atoms with Crippen LogP contribution >= 0.6 is 12.6 Å². The molecule has 0 saturated carbocycles. The highest BCUT2D eigenvalue weighted by molar-refractivity contribution is 7.79. The fourth-order valence-corrected chi connectivity index (χ4v) is 2.55. The fraction of sp³-hybridized carbons (Fsp3) is 0.0588. The molecule has 0 amide bonds. The van der Waals surface area contributed by atoms with Gasteiger partial charge in [0.15, 0.2) is 0 Å². The van der Waals surface area contributed by atoms with Gasteiger partial charge in [0.1, 0.15) is 23.3 Å². The summed E-state index contributed by atoms with van der Waals surface area (Å²) >= 11 is 4.15. The van der Waals surface area contributed by atoms with Crippen molar-refractivity contribution in [2.24, 2.45) is 0 Å². The number of halogens is 1. The Kier molecular flexibility index (Phi) is 4.40. The molecule has 3 rings (SSSR count). The third-order valence-electron chi connectivity index (χ3n) is 3.44. The Balaban J connectivity index is 2.39. The monoisotopic (exact) mass is 338 g/mol. The number of aromatic nitrogens is 3. The van der Waals surface area contributed by atoms with Gasteiger partial charge in [0.05, 0.1) is 11.4 Å². The third kappa shape index (κ3) is 2.79. The lowest BCUT2D eigenvalue weighted by atomic mass is 10.2. The molecule has 0 spiro atoms. The smallest absolute Gasteiger partial charge is 0.267 e. The van der Waals surface area contributed by atoms with Gasteiger partial charge in [-0.3, -0.25) is 14.3 Å². The summed E-state index contributed by atoms with van der Waals surface area (Å²) in [4.78, 5) is 21.2. The molecule has 0 saturated heterocycles. The normalized spacial score (nSPS) is 10.4. The second-order valence-electron chi connectivity index (χ2n) is 4.88. The highest BCUT2D eigenvalue weighted by Gasteiger charge is 2.18. The number of benzene rings is 1. The Morgan fingerprint density at radius 1 is 1.17 bits per heavy atom. The summed E-state index contributed by atoms with van der Waals surface area (Å²) in [5.74, 6) is 0.0790. The van der Waals surface area contributed by atoms with Crippen molar-refractivity contribution in [3.8, 4) is 23.1 Å². The Morgan fingerprint density at radius 3 is 2.42 bits per heavy atom. The number of pyridine rings is 1. The first kappa shape index (κ1) is 15.9. The average Bonchev–Trinajstić information content (AvgIpc) is 2.62. The first-order valence-electron chi connectivity index (χ1n) is 6.99. The standard InChI is InChI=1S/C17H11FN4OS/c18-12-1-3-13(4-2-12)22-16(11-5-7-20-8-6-11)21-15(10-24)14(9-19)17(22)23/h1-8,24H,10H2. The van der Waals surface area contributed by atoms with Crippen LogP contribution in [0.2, 0.25) is 0 Å². The quantitative estimate of drug-likeness (QED) is 0.746. The maximum atomic E-state index is 13.2. The average molecular weight is 338 g/mol. The molecule has 24 heavy (non-hydrogen) atoms. The fourth-order valence-electron chi connectivity index (χ4n) is 2.32. The Bertz CT molecular complexity index is 978. The summed E-state index contributed by atoms with van der Waals surface area (Å²) in [5.41, 5.74) is 0.778. The molecule has 0 N–H and O–H groups in total. The highest BCUT2D eigenvalue weighted by Crippen LogP contribution is 2.21. The number of nitrogens with zero attached hydrogens (tertiary/aromatic N) is 4. The van der Waals surface area contributed by atoms with Crippen LogP contribution in [0.4, 0.5) is 4.39 Å². The molecule has 7 heteroatoms. The molecule has 0 aliphatic rings. The zero-order valence-corrected chi connectivity index (χ0v) is 13.2. The van der Waals surface area contributed by atoms with Crippen LogP contribution in [0.15, 0.2) is 53.6 Å². The summed E-state index contributed by atoms with van der Waals surface area (Å²) in [6, 6.07) is 10.7. The van der Waals surface area contributed by atoms with Crippen LogP contribution < -0.4 is 5.56 Å². The predicted octanol–water partition coefficient (Wildman–Crippen LogP) is 2.74. The Morgan fingerprint density at radius 2 is 1.83 bits per heavy atom. The van der Waals surface area contributed by atoms with Crippen LogP contribution in [0.1, 0.15) is 11.3 Å². The molecule has 0 aliphatic carbocycles. The number of rotatable bonds is 3. The van der Waals surface area contributed by atoms with Crippen molar-refractivity contribution in [3.05, 3.63) is 76.2 Å². The predicted molar refractivity (Wildman–Crippen MR) is 90.4 cm³/mol. The van der Waals surface area contributed by atoms with E-state index in [0.29, 0.717) is 22.8 Å². The Labute approximate surface area is 142 Å². The van der Waals surface area contributed by atoms with Gasteiger partial charge >= 0.3 is 0 Å². The van der Waals surface area contributed by atoms with E-state index in [9.17, 15) is 14.4 Å². The van der Waals surface area contributed by atoms with E-state index in [1.54, 1.807) is 24.5 Å². The largest absolute Gasteiger partial charge is 0.276 e. The van der Waals surface area contributed by atoms with Crippen molar-refractivity contribution in [2.75, 3.05) is 0 Å². The van der Waals surface area contributed by atoms with Crippen LogP contribution in [0, 0.1) is 17.1 Å². The first-order chi connectivity index (χ1) is 11.7. The zero-order valence-electron chi connectivity index (χ0n) is 12.3. The van der Waals surface area contributed by atoms with E-state index in [-0.39, 0.29) is 11.3 Å². The topological polar surface area (TPSA) is 71.6 Å². The molecule has 5 nitrogen and oxygen atoms in total. The van der Waals surface area contributed by atoms with Gasteiger partial charge in [-0.15, -0.1) is 0 Å². The van der Waals surface area contributed by atoms with E-state index in [2.05, 4.69) is 22.6 Å². The van der Waals surface area contributed by atoms with Gasteiger partial charge in [-0.05, 0) is 36.4 Å². The van der Waals surface area contributed by atoms with Gasteiger partial charge in [0, 0.05) is 23.7 Å². The minimum Gasteiger partial charge on any atom is -0.267 e. The minimum atomic E-state index is -0.519.